The van der Waals surface area contributed by atoms with Gasteiger partial charge in [0.2, 0.25) is 0 Å². The lowest BCUT2D eigenvalue weighted by atomic mass is 10.1. The predicted molar refractivity (Wildman–Crippen MR) is 76.7 cm³/mol. The zero-order chi connectivity index (χ0) is 14.6. The SMILES string of the molecule is CCNc1cc(C(=O)N(C)CC(C)(C)O)c(Cl)cn1. The highest BCUT2D eigenvalue weighted by molar-refractivity contribution is 6.33. The largest absolute Gasteiger partial charge is 0.389 e. The number of carbonyl (C=O) groups is 1. The van der Waals surface area contributed by atoms with Crippen LogP contribution in [0.3, 0.4) is 0 Å². The third-order valence-corrected chi connectivity index (χ3v) is 2.72. The fourth-order valence-electron chi connectivity index (χ4n) is 1.74. The van der Waals surface area contributed by atoms with Crippen molar-refractivity contribution >= 4 is 23.3 Å². The second-order valence-electron chi connectivity index (χ2n) is 5.05. The third kappa shape index (κ3) is 4.69. The molecule has 1 rings (SSSR count). The van der Waals surface area contributed by atoms with Crippen LogP contribution < -0.4 is 5.32 Å². The average Bonchev–Trinajstić information content (AvgIpc) is 2.29. The molecule has 0 aliphatic heterocycles. The molecule has 0 radical (unpaired) electrons. The summed E-state index contributed by atoms with van der Waals surface area (Å²) in [7, 11) is 1.63. The van der Waals surface area contributed by atoms with Gasteiger partial charge in [-0.25, -0.2) is 4.98 Å². The zero-order valence-corrected chi connectivity index (χ0v) is 12.5. The van der Waals surface area contributed by atoms with Crippen LogP contribution in [0.15, 0.2) is 12.3 Å². The van der Waals surface area contributed by atoms with Crippen molar-refractivity contribution in [2.75, 3.05) is 25.5 Å². The van der Waals surface area contributed by atoms with E-state index in [0.717, 1.165) is 0 Å². The van der Waals surface area contributed by atoms with E-state index >= 15 is 0 Å². The lowest BCUT2D eigenvalue weighted by Crippen LogP contribution is -2.39. The van der Waals surface area contributed by atoms with E-state index in [1.165, 1.54) is 11.1 Å². The van der Waals surface area contributed by atoms with Gasteiger partial charge in [0.05, 0.1) is 16.2 Å². The standard InChI is InChI=1S/C13H20ClN3O2/c1-5-15-11-6-9(10(14)7-16-11)12(18)17(4)8-13(2,3)19/h6-7,19H,5,8H2,1-4H3,(H,15,16). The van der Waals surface area contributed by atoms with Crippen molar-refractivity contribution in [3.8, 4) is 0 Å². The van der Waals surface area contributed by atoms with E-state index in [9.17, 15) is 9.90 Å². The summed E-state index contributed by atoms with van der Waals surface area (Å²) in [5, 5.41) is 13.1. The van der Waals surface area contributed by atoms with Gasteiger partial charge in [-0.15, -0.1) is 0 Å². The number of pyridine rings is 1. The van der Waals surface area contributed by atoms with Gasteiger partial charge < -0.3 is 15.3 Å². The van der Waals surface area contributed by atoms with Crippen molar-refractivity contribution in [1.29, 1.82) is 0 Å². The zero-order valence-electron chi connectivity index (χ0n) is 11.7. The van der Waals surface area contributed by atoms with Crippen molar-refractivity contribution < 1.29 is 9.90 Å². The van der Waals surface area contributed by atoms with Crippen LogP contribution in [-0.2, 0) is 0 Å². The van der Waals surface area contributed by atoms with Crippen LogP contribution in [0, 0.1) is 0 Å². The van der Waals surface area contributed by atoms with Gasteiger partial charge in [-0.2, -0.15) is 0 Å². The molecule has 0 spiro atoms. The van der Waals surface area contributed by atoms with Crippen LogP contribution in [0.4, 0.5) is 5.82 Å². The first-order valence-corrected chi connectivity index (χ1v) is 6.49. The van der Waals surface area contributed by atoms with Crippen LogP contribution in [0.1, 0.15) is 31.1 Å². The molecule has 0 unspecified atom stereocenters. The number of anilines is 1. The van der Waals surface area contributed by atoms with Crippen LogP contribution in [0.5, 0.6) is 0 Å². The van der Waals surface area contributed by atoms with Gasteiger partial charge in [-0.3, -0.25) is 4.79 Å². The van der Waals surface area contributed by atoms with E-state index in [0.29, 0.717) is 22.9 Å². The smallest absolute Gasteiger partial charge is 0.255 e. The van der Waals surface area contributed by atoms with E-state index in [2.05, 4.69) is 10.3 Å². The Balaban J connectivity index is 2.95. The molecule has 0 bridgehead atoms. The fourth-order valence-corrected chi connectivity index (χ4v) is 1.92. The molecule has 0 aliphatic rings. The van der Waals surface area contributed by atoms with E-state index < -0.39 is 5.60 Å². The molecule has 0 saturated heterocycles. The summed E-state index contributed by atoms with van der Waals surface area (Å²) in [5.74, 6) is 0.362. The molecule has 1 aromatic rings. The van der Waals surface area contributed by atoms with Gasteiger partial charge in [0, 0.05) is 26.3 Å². The van der Waals surface area contributed by atoms with Gasteiger partial charge in [0.15, 0.2) is 0 Å². The number of nitrogens with zero attached hydrogens (tertiary/aromatic N) is 2. The Morgan fingerprint density at radius 1 is 1.58 bits per heavy atom. The maximum absolute atomic E-state index is 12.3. The number of carbonyl (C=O) groups excluding carboxylic acids is 1. The summed E-state index contributed by atoms with van der Waals surface area (Å²) >= 11 is 6.01. The molecule has 5 nitrogen and oxygen atoms in total. The molecule has 0 saturated carbocycles. The summed E-state index contributed by atoms with van der Waals surface area (Å²) in [6.45, 7) is 6.17. The molecule has 0 aromatic carbocycles. The Morgan fingerprint density at radius 3 is 2.74 bits per heavy atom. The van der Waals surface area contributed by atoms with E-state index in [-0.39, 0.29) is 12.5 Å². The molecule has 0 aliphatic carbocycles. The second kappa shape index (κ2) is 6.21. The lowest BCUT2D eigenvalue weighted by molar-refractivity contribution is 0.0368. The van der Waals surface area contributed by atoms with E-state index in [1.807, 2.05) is 6.92 Å². The number of amides is 1. The number of aromatic nitrogens is 1. The molecule has 0 fully saturated rings. The summed E-state index contributed by atoms with van der Waals surface area (Å²) < 4.78 is 0. The summed E-state index contributed by atoms with van der Waals surface area (Å²) in [6, 6.07) is 1.62. The highest BCUT2D eigenvalue weighted by Crippen LogP contribution is 2.20. The Kier molecular flexibility index (Phi) is 5.14. The number of rotatable bonds is 5. The normalized spacial score (nSPS) is 11.3. The molecule has 1 aromatic heterocycles. The number of likely N-dealkylation sites (N-methyl/N-ethyl adjacent to an activating group) is 1. The Hall–Kier alpha value is -1.33. The van der Waals surface area contributed by atoms with Crippen LogP contribution in [0.25, 0.3) is 0 Å². The lowest BCUT2D eigenvalue weighted by Gasteiger charge is -2.26. The van der Waals surface area contributed by atoms with Crippen LogP contribution >= 0.6 is 11.6 Å². The summed E-state index contributed by atoms with van der Waals surface area (Å²) in [6.07, 6.45) is 1.45. The van der Waals surface area contributed by atoms with Crippen LogP contribution in [-0.4, -0.2) is 46.6 Å². The van der Waals surface area contributed by atoms with Crippen molar-refractivity contribution in [3.05, 3.63) is 22.8 Å². The Morgan fingerprint density at radius 2 is 2.21 bits per heavy atom. The number of hydrogen-bond acceptors (Lipinski definition) is 4. The van der Waals surface area contributed by atoms with Crippen molar-refractivity contribution in [2.45, 2.75) is 26.4 Å². The van der Waals surface area contributed by atoms with Gasteiger partial charge in [0.25, 0.3) is 5.91 Å². The van der Waals surface area contributed by atoms with Gasteiger partial charge >= 0.3 is 0 Å². The molecule has 106 valence electrons. The topological polar surface area (TPSA) is 65.5 Å². The van der Waals surface area contributed by atoms with Crippen molar-refractivity contribution in [1.82, 2.24) is 9.88 Å². The molecular formula is C13H20ClN3O2. The van der Waals surface area contributed by atoms with Gasteiger partial charge in [-0.1, -0.05) is 11.6 Å². The first-order chi connectivity index (χ1) is 8.74. The first-order valence-electron chi connectivity index (χ1n) is 6.12. The van der Waals surface area contributed by atoms with Gasteiger partial charge in [-0.05, 0) is 26.8 Å². The monoisotopic (exact) mass is 285 g/mol. The first kappa shape index (κ1) is 15.7. The molecular weight excluding hydrogens is 266 g/mol. The Labute approximate surface area is 118 Å². The second-order valence-corrected chi connectivity index (χ2v) is 5.46. The maximum Gasteiger partial charge on any atom is 0.255 e. The van der Waals surface area contributed by atoms with Gasteiger partial charge in [0.1, 0.15) is 5.82 Å². The molecule has 19 heavy (non-hydrogen) atoms. The predicted octanol–water partition coefficient (Wildman–Crippen LogP) is 2.01. The van der Waals surface area contributed by atoms with E-state index in [1.54, 1.807) is 27.0 Å². The summed E-state index contributed by atoms with van der Waals surface area (Å²) in [5.41, 5.74) is -0.576. The molecule has 2 N–H and O–H groups in total. The number of hydrogen-bond donors (Lipinski definition) is 2. The molecule has 1 heterocycles. The average molecular weight is 286 g/mol. The number of nitrogens with one attached hydrogen (secondary N) is 1. The molecule has 1 amide bonds. The van der Waals surface area contributed by atoms with Crippen molar-refractivity contribution in [3.63, 3.8) is 0 Å². The number of halogens is 1. The summed E-state index contributed by atoms with van der Waals surface area (Å²) in [4.78, 5) is 17.8. The Bertz CT molecular complexity index is 458. The maximum atomic E-state index is 12.3. The van der Waals surface area contributed by atoms with E-state index in [4.69, 9.17) is 11.6 Å². The van der Waals surface area contributed by atoms with Crippen molar-refractivity contribution in [2.24, 2.45) is 0 Å². The minimum Gasteiger partial charge on any atom is -0.389 e. The highest BCUT2D eigenvalue weighted by Gasteiger charge is 2.22. The molecule has 0 atom stereocenters. The molecule has 6 heteroatoms. The highest BCUT2D eigenvalue weighted by atomic mass is 35.5. The number of aliphatic hydroxyl groups is 1. The van der Waals surface area contributed by atoms with Crippen LogP contribution in [0.2, 0.25) is 5.02 Å². The minimum atomic E-state index is -0.950. The quantitative estimate of drug-likeness (QED) is 0.868. The minimum absolute atomic E-state index is 0.223. The third-order valence-electron chi connectivity index (χ3n) is 2.41. The fraction of sp³-hybridized carbons (Fsp3) is 0.538.